The second-order valence-electron chi connectivity index (χ2n) is 6.78. The van der Waals surface area contributed by atoms with Crippen molar-refractivity contribution in [1.29, 1.82) is 0 Å². The molecule has 1 amide bonds. The predicted octanol–water partition coefficient (Wildman–Crippen LogP) is 4.88. The second kappa shape index (κ2) is 9.31. The van der Waals surface area contributed by atoms with Crippen LogP contribution < -0.4 is 14.8 Å². The molecular formula is C22H19F3N2O4S. The Bertz CT molecular complexity index is 1180. The number of anilines is 1. The van der Waals surface area contributed by atoms with Crippen LogP contribution >= 0.6 is 0 Å². The van der Waals surface area contributed by atoms with Gasteiger partial charge < -0.3 is 10.1 Å². The lowest BCUT2D eigenvalue weighted by Gasteiger charge is -2.17. The van der Waals surface area contributed by atoms with Crippen LogP contribution in [0.1, 0.15) is 28.9 Å². The van der Waals surface area contributed by atoms with E-state index in [4.69, 9.17) is 0 Å². The fourth-order valence-electron chi connectivity index (χ4n) is 2.89. The summed E-state index contributed by atoms with van der Waals surface area (Å²) in [6.07, 6.45) is -4.89. The third-order valence-electron chi connectivity index (χ3n) is 4.43. The number of rotatable bonds is 7. The molecule has 3 aromatic carbocycles. The van der Waals surface area contributed by atoms with Crippen LogP contribution in [-0.4, -0.2) is 20.7 Å². The van der Waals surface area contributed by atoms with Crippen molar-refractivity contribution in [3.63, 3.8) is 0 Å². The van der Waals surface area contributed by atoms with Gasteiger partial charge in [-0.3, -0.25) is 9.52 Å². The van der Waals surface area contributed by atoms with E-state index in [-0.39, 0.29) is 22.2 Å². The van der Waals surface area contributed by atoms with Gasteiger partial charge in [0, 0.05) is 0 Å². The minimum absolute atomic E-state index is 0.0286. The maximum absolute atomic E-state index is 12.8. The smallest absolute Gasteiger partial charge is 0.406 e. The molecule has 0 aromatic heterocycles. The Hall–Kier alpha value is -3.53. The van der Waals surface area contributed by atoms with E-state index in [0.717, 1.165) is 29.8 Å². The van der Waals surface area contributed by atoms with Crippen LogP contribution in [0.5, 0.6) is 5.75 Å². The van der Waals surface area contributed by atoms with Gasteiger partial charge in [0.15, 0.2) is 0 Å². The Morgan fingerprint density at radius 3 is 2.12 bits per heavy atom. The topological polar surface area (TPSA) is 84.5 Å². The van der Waals surface area contributed by atoms with Gasteiger partial charge in [-0.05, 0) is 48.9 Å². The molecule has 0 heterocycles. The Labute approximate surface area is 183 Å². The van der Waals surface area contributed by atoms with Gasteiger partial charge in [0.2, 0.25) is 0 Å². The maximum Gasteiger partial charge on any atom is 0.573 e. The summed E-state index contributed by atoms with van der Waals surface area (Å²) in [5.41, 5.74) is 0.997. The molecule has 0 fully saturated rings. The SMILES string of the molecule is CC(NC(=O)c1ccccc1NS(=O)(=O)c1ccc(OC(F)(F)F)cc1)c1ccccc1. The highest BCUT2D eigenvalue weighted by Crippen LogP contribution is 2.26. The van der Waals surface area contributed by atoms with Gasteiger partial charge >= 0.3 is 6.36 Å². The number of ether oxygens (including phenoxy) is 1. The third kappa shape index (κ3) is 6.01. The normalized spacial score (nSPS) is 12.6. The van der Waals surface area contributed by atoms with Gasteiger partial charge in [0.1, 0.15) is 5.75 Å². The summed E-state index contributed by atoms with van der Waals surface area (Å²) in [5.74, 6) is -1.04. The predicted molar refractivity (Wildman–Crippen MR) is 113 cm³/mol. The molecule has 0 aliphatic rings. The maximum atomic E-state index is 12.8. The van der Waals surface area contributed by atoms with E-state index in [1.54, 1.807) is 19.1 Å². The van der Waals surface area contributed by atoms with Crippen molar-refractivity contribution in [2.24, 2.45) is 0 Å². The van der Waals surface area contributed by atoms with Gasteiger partial charge in [-0.15, -0.1) is 13.2 Å². The highest BCUT2D eigenvalue weighted by Gasteiger charge is 2.31. The number of carbonyl (C=O) groups is 1. The zero-order valence-electron chi connectivity index (χ0n) is 16.8. The minimum Gasteiger partial charge on any atom is -0.406 e. The third-order valence-corrected chi connectivity index (χ3v) is 5.81. The molecule has 3 aromatic rings. The molecule has 168 valence electrons. The van der Waals surface area contributed by atoms with Crippen LogP contribution in [0.3, 0.4) is 0 Å². The molecule has 0 spiro atoms. The quantitative estimate of drug-likeness (QED) is 0.522. The number of carbonyl (C=O) groups excluding carboxylic acids is 1. The number of benzene rings is 3. The van der Waals surface area contributed by atoms with Crippen molar-refractivity contribution in [2.75, 3.05) is 4.72 Å². The summed E-state index contributed by atoms with van der Waals surface area (Å²) in [5, 5.41) is 2.81. The van der Waals surface area contributed by atoms with Gasteiger partial charge in [0.05, 0.1) is 22.2 Å². The molecule has 0 saturated heterocycles. The first-order valence-corrected chi connectivity index (χ1v) is 10.9. The first-order valence-electron chi connectivity index (χ1n) is 9.39. The van der Waals surface area contributed by atoms with E-state index in [2.05, 4.69) is 14.8 Å². The fraction of sp³-hybridized carbons (Fsp3) is 0.136. The molecule has 0 bridgehead atoms. The zero-order chi connectivity index (χ0) is 23.4. The Morgan fingerprint density at radius 2 is 1.50 bits per heavy atom. The molecule has 0 saturated carbocycles. The van der Waals surface area contributed by atoms with E-state index in [1.807, 2.05) is 30.3 Å². The average Bonchev–Trinajstić information content (AvgIpc) is 2.73. The van der Waals surface area contributed by atoms with Crippen LogP contribution in [0.4, 0.5) is 18.9 Å². The molecule has 0 aliphatic heterocycles. The number of hydrogen-bond acceptors (Lipinski definition) is 4. The van der Waals surface area contributed by atoms with Crippen molar-refractivity contribution in [1.82, 2.24) is 5.32 Å². The molecule has 1 unspecified atom stereocenters. The van der Waals surface area contributed by atoms with Crippen LogP contribution in [-0.2, 0) is 10.0 Å². The largest absolute Gasteiger partial charge is 0.573 e. The van der Waals surface area contributed by atoms with E-state index in [1.165, 1.54) is 12.1 Å². The van der Waals surface area contributed by atoms with Crippen molar-refractivity contribution >= 4 is 21.6 Å². The Kier molecular flexibility index (Phi) is 6.73. The summed E-state index contributed by atoms with van der Waals surface area (Å²) in [6, 6.07) is 18.7. The van der Waals surface area contributed by atoms with E-state index < -0.39 is 28.0 Å². The molecule has 1 atom stereocenters. The van der Waals surface area contributed by atoms with Crippen molar-refractivity contribution in [3.05, 3.63) is 90.0 Å². The van der Waals surface area contributed by atoms with Gasteiger partial charge in [0.25, 0.3) is 15.9 Å². The summed E-state index contributed by atoms with van der Waals surface area (Å²) in [7, 11) is -4.18. The van der Waals surface area contributed by atoms with Crippen molar-refractivity contribution in [3.8, 4) is 5.75 Å². The van der Waals surface area contributed by atoms with Crippen molar-refractivity contribution in [2.45, 2.75) is 24.2 Å². The molecule has 3 rings (SSSR count). The van der Waals surface area contributed by atoms with Crippen LogP contribution in [0.15, 0.2) is 83.8 Å². The van der Waals surface area contributed by atoms with Gasteiger partial charge in [-0.25, -0.2) is 8.42 Å². The second-order valence-corrected chi connectivity index (χ2v) is 8.46. The van der Waals surface area contributed by atoms with E-state index in [9.17, 15) is 26.4 Å². The number of nitrogens with one attached hydrogen (secondary N) is 2. The summed E-state index contributed by atoms with van der Waals surface area (Å²) in [4.78, 5) is 12.5. The highest BCUT2D eigenvalue weighted by atomic mass is 32.2. The van der Waals surface area contributed by atoms with E-state index in [0.29, 0.717) is 0 Å². The van der Waals surface area contributed by atoms with Crippen LogP contribution in [0.25, 0.3) is 0 Å². The zero-order valence-corrected chi connectivity index (χ0v) is 17.6. The molecule has 0 aliphatic carbocycles. The number of alkyl halides is 3. The highest BCUT2D eigenvalue weighted by molar-refractivity contribution is 7.92. The monoisotopic (exact) mass is 464 g/mol. The first-order chi connectivity index (χ1) is 15.0. The Morgan fingerprint density at radius 1 is 0.906 bits per heavy atom. The lowest BCUT2D eigenvalue weighted by molar-refractivity contribution is -0.274. The van der Waals surface area contributed by atoms with Gasteiger partial charge in [-0.1, -0.05) is 42.5 Å². The number of halogens is 3. The lowest BCUT2D eigenvalue weighted by atomic mass is 10.1. The molecule has 10 heteroatoms. The van der Waals surface area contributed by atoms with E-state index >= 15 is 0 Å². The molecular weight excluding hydrogens is 445 g/mol. The summed E-state index contributed by atoms with van der Waals surface area (Å²) in [6.45, 7) is 1.80. The molecule has 32 heavy (non-hydrogen) atoms. The number of sulfonamides is 1. The van der Waals surface area contributed by atoms with Gasteiger partial charge in [-0.2, -0.15) is 0 Å². The summed E-state index contributed by atoms with van der Waals surface area (Å²) < 4.78 is 68.4. The Balaban J connectivity index is 1.78. The number of amides is 1. The fourth-order valence-corrected chi connectivity index (χ4v) is 3.97. The molecule has 0 radical (unpaired) electrons. The minimum atomic E-state index is -4.89. The van der Waals surface area contributed by atoms with Crippen LogP contribution in [0.2, 0.25) is 0 Å². The van der Waals surface area contributed by atoms with Crippen molar-refractivity contribution < 1.29 is 31.1 Å². The molecule has 2 N–H and O–H groups in total. The summed E-state index contributed by atoms with van der Waals surface area (Å²) >= 11 is 0. The standard InChI is InChI=1S/C22H19F3N2O4S/c1-15(16-7-3-2-4-8-16)26-21(28)19-9-5-6-10-20(19)27-32(29,30)18-13-11-17(12-14-18)31-22(23,24)25/h2-15,27H,1H3,(H,26,28). The average molecular weight is 464 g/mol. The molecule has 6 nitrogen and oxygen atoms in total. The first kappa shape index (κ1) is 23.1. The lowest BCUT2D eigenvalue weighted by Crippen LogP contribution is -2.28. The van der Waals surface area contributed by atoms with Crippen LogP contribution in [0, 0.1) is 0 Å². The number of para-hydroxylation sites is 1. The number of hydrogen-bond donors (Lipinski definition) is 2.